The molecule has 19 heavy (non-hydrogen) atoms. The Morgan fingerprint density at radius 3 is 2.37 bits per heavy atom. The molecule has 110 valence electrons. The van der Waals surface area contributed by atoms with Crippen LogP contribution in [0.1, 0.15) is 65.2 Å². The lowest BCUT2D eigenvalue weighted by molar-refractivity contribution is -0.134. The molecule has 0 spiro atoms. The Kier molecular flexibility index (Phi) is 5.26. The van der Waals surface area contributed by atoms with Crippen LogP contribution in [0.5, 0.6) is 0 Å². The van der Waals surface area contributed by atoms with Crippen LogP contribution in [0, 0.1) is 5.41 Å². The number of hydrogen-bond acceptors (Lipinski definition) is 2. The predicted octanol–water partition coefficient (Wildman–Crippen LogP) is 2.95. The summed E-state index contributed by atoms with van der Waals surface area (Å²) in [5.74, 6) is 0.309. The van der Waals surface area contributed by atoms with Gasteiger partial charge in [0.15, 0.2) is 0 Å². The third-order valence-electron chi connectivity index (χ3n) is 5.24. The maximum Gasteiger partial charge on any atom is 0.239 e. The number of piperidine rings is 1. The molecule has 1 saturated heterocycles. The normalized spacial score (nSPS) is 24.4. The summed E-state index contributed by atoms with van der Waals surface area (Å²) in [5.41, 5.74) is 0.469. The van der Waals surface area contributed by atoms with Crippen LogP contribution in [-0.2, 0) is 4.79 Å². The first-order valence-electron chi connectivity index (χ1n) is 8.19. The zero-order valence-corrected chi connectivity index (χ0v) is 12.7. The molecule has 0 aromatic rings. The maximum atomic E-state index is 12.4. The molecule has 3 nitrogen and oxygen atoms in total. The maximum absolute atomic E-state index is 12.4. The Balaban J connectivity index is 1.79. The SMILES string of the molecule is CCC1(CNC(C)C(=O)N2CCCCC2)CCCC1. The number of nitrogens with one attached hydrogen (secondary N) is 1. The standard InChI is InChI=1S/C16H30N2O/c1-3-16(9-5-6-10-16)13-17-14(2)15(19)18-11-7-4-8-12-18/h14,17H,3-13H2,1-2H3. The lowest BCUT2D eigenvalue weighted by Crippen LogP contribution is -2.49. The summed E-state index contributed by atoms with van der Waals surface area (Å²) in [5, 5.41) is 3.52. The zero-order chi connectivity index (χ0) is 13.7. The summed E-state index contributed by atoms with van der Waals surface area (Å²) in [4.78, 5) is 14.4. The molecule has 1 aliphatic carbocycles. The summed E-state index contributed by atoms with van der Waals surface area (Å²) in [6, 6.07) is -0.0119. The number of likely N-dealkylation sites (tertiary alicyclic amines) is 1. The molecule has 0 radical (unpaired) electrons. The quantitative estimate of drug-likeness (QED) is 0.830. The van der Waals surface area contributed by atoms with E-state index in [1.165, 1.54) is 51.4 Å². The van der Waals surface area contributed by atoms with Crippen molar-refractivity contribution in [1.29, 1.82) is 0 Å². The van der Waals surface area contributed by atoms with Crippen molar-refractivity contribution in [1.82, 2.24) is 10.2 Å². The highest BCUT2D eigenvalue weighted by molar-refractivity contribution is 5.81. The van der Waals surface area contributed by atoms with Gasteiger partial charge in [-0.1, -0.05) is 19.8 Å². The highest BCUT2D eigenvalue weighted by atomic mass is 16.2. The van der Waals surface area contributed by atoms with Gasteiger partial charge in [-0.15, -0.1) is 0 Å². The van der Waals surface area contributed by atoms with Gasteiger partial charge in [0.25, 0.3) is 0 Å². The minimum atomic E-state index is -0.0119. The smallest absolute Gasteiger partial charge is 0.239 e. The molecule has 1 heterocycles. The van der Waals surface area contributed by atoms with E-state index in [-0.39, 0.29) is 6.04 Å². The number of amides is 1. The summed E-state index contributed by atoms with van der Waals surface area (Å²) >= 11 is 0. The molecular formula is C16H30N2O. The van der Waals surface area contributed by atoms with Crippen LogP contribution in [0.4, 0.5) is 0 Å². The van der Waals surface area contributed by atoms with Crippen LogP contribution in [0.3, 0.4) is 0 Å². The molecule has 1 aliphatic heterocycles. The van der Waals surface area contributed by atoms with Crippen molar-refractivity contribution in [2.75, 3.05) is 19.6 Å². The second-order valence-electron chi connectivity index (χ2n) is 6.55. The van der Waals surface area contributed by atoms with Crippen molar-refractivity contribution in [3.63, 3.8) is 0 Å². The molecule has 2 fully saturated rings. The monoisotopic (exact) mass is 266 g/mol. The first kappa shape index (κ1) is 14.8. The van der Waals surface area contributed by atoms with Crippen LogP contribution in [0.2, 0.25) is 0 Å². The van der Waals surface area contributed by atoms with Crippen LogP contribution in [0.25, 0.3) is 0 Å². The van der Waals surface area contributed by atoms with Gasteiger partial charge >= 0.3 is 0 Å². The number of rotatable bonds is 5. The van der Waals surface area contributed by atoms with E-state index in [4.69, 9.17) is 0 Å². The summed E-state index contributed by atoms with van der Waals surface area (Å²) < 4.78 is 0. The molecular weight excluding hydrogens is 236 g/mol. The lowest BCUT2D eigenvalue weighted by atomic mass is 9.83. The molecule has 2 aliphatic rings. The first-order chi connectivity index (χ1) is 9.17. The van der Waals surface area contributed by atoms with E-state index in [0.29, 0.717) is 11.3 Å². The van der Waals surface area contributed by atoms with Crippen molar-refractivity contribution in [3.8, 4) is 0 Å². The summed E-state index contributed by atoms with van der Waals surface area (Å²) in [7, 11) is 0. The molecule has 1 amide bonds. The van der Waals surface area contributed by atoms with Crippen LogP contribution in [-0.4, -0.2) is 36.5 Å². The first-order valence-corrected chi connectivity index (χ1v) is 8.19. The van der Waals surface area contributed by atoms with Crippen LogP contribution in [0.15, 0.2) is 0 Å². The van der Waals surface area contributed by atoms with Crippen molar-refractivity contribution < 1.29 is 4.79 Å². The zero-order valence-electron chi connectivity index (χ0n) is 12.7. The Bertz CT molecular complexity index is 291. The van der Waals surface area contributed by atoms with E-state index in [2.05, 4.69) is 17.1 Å². The molecule has 3 heteroatoms. The summed E-state index contributed by atoms with van der Waals surface area (Å²) in [6.07, 6.45) is 10.3. The third-order valence-corrected chi connectivity index (χ3v) is 5.24. The fraction of sp³-hybridized carbons (Fsp3) is 0.938. The average Bonchev–Trinajstić information content (AvgIpc) is 2.94. The average molecular weight is 266 g/mol. The van der Waals surface area contributed by atoms with Gasteiger partial charge in [-0.2, -0.15) is 0 Å². The van der Waals surface area contributed by atoms with Crippen LogP contribution >= 0.6 is 0 Å². The second kappa shape index (κ2) is 6.74. The van der Waals surface area contributed by atoms with E-state index >= 15 is 0 Å². The third kappa shape index (κ3) is 3.71. The largest absolute Gasteiger partial charge is 0.341 e. The number of nitrogens with zero attached hydrogens (tertiary/aromatic N) is 1. The summed E-state index contributed by atoms with van der Waals surface area (Å²) in [6.45, 7) is 7.27. The predicted molar refractivity (Wildman–Crippen MR) is 79.1 cm³/mol. The molecule has 0 bridgehead atoms. The lowest BCUT2D eigenvalue weighted by Gasteiger charge is -2.32. The Labute approximate surface area is 118 Å². The van der Waals surface area contributed by atoms with Crippen molar-refractivity contribution in [3.05, 3.63) is 0 Å². The fourth-order valence-corrected chi connectivity index (χ4v) is 3.63. The molecule has 1 saturated carbocycles. The molecule has 1 atom stereocenters. The van der Waals surface area contributed by atoms with Crippen molar-refractivity contribution >= 4 is 5.91 Å². The highest BCUT2D eigenvalue weighted by Crippen LogP contribution is 2.40. The Morgan fingerprint density at radius 2 is 1.79 bits per heavy atom. The van der Waals surface area contributed by atoms with Gasteiger partial charge < -0.3 is 10.2 Å². The molecule has 1 unspecified atom stereocenters. The van der Waals surface area contributed by atoms with Gasteiger partial charge in [-0.3, -0.25) is 4.79 Å². The molecule has 1 N–H and O–H groups in total. The van der Waals surface area contributed by atoms with Gasteiger partial charge in [0.05, 0.1) is 6.04 Å². The number of hydrogen-bond donors (Lipinski definition) is 1. The highest BCUT2D eigenvalue weighted by Gasteiger charge is 2.33. The van der Waals surface area contributed by atoms with E-state index in [9.17, 15) is 4.79 Å². The molecule has 2 rings (SSSR count). The van der Waals surface area contributed by atoms with Gasteiger partial charge in [-0.05, 0) is 50.9 Å². The molecule has 0 aromatic heterocycles. The van der Waals surface area contributed by atoms with Gasteiger partial charge in [0.1, 0.15) is 0 Å². The topological polar surface area (TPSA) is 32.3 Å². The Hall–Kier alpha value is -0.570. The Morgan fingerprint density at radius 1 is 1.16 bits per heavy atom. The van der Waals surface area contributed by atoms with Crippen molar-refractivity contribution in [2.24, 2.45) is 5.41 Å². The molecule has 0 aromatic carbocycles. The van der Waals surface area contributed by atoms with E-state index in [1.807, 2.05) is 6.92 Å². The second-order valence-corrected chi connectivity index (χ2v) is 6.55. The van der Waals surface area contributed by atoms with Crippen LogP contribution < -0.4 is 5.32 Å². The van der Waals surface area contributed by atoms with E-state index in [0.717, 1.165) is 19.6 Å². The van der Waals surface area contributed by atoms with Gasteiger partial charge in [0, 0.05) is 19.6 Å². The minimum Gasteiger partial charge on any atom is -0.341 e. The van der Waals surface area contributed by atoms with Crippen molar-refractivity contribution in [2.45, 2.75) is 71.3 Å². The fourth-order valence-electron chi connectivity index (χ4n) is 3.63. The van der Waals surface area contributed by atoms with Gasteiger partial charge in [0.2, 0.25) is 5.91 Å². The van der Waals surface area contributed by atoms with Gasteiger partial charge in [-0.25, -0.2) is 0 Å². The van der Waals surface area contributed by atoms with E-state index < -0.39 is 0 Å². The number of carbonyl (C=O) groups is 1. The van der Waals surface area contributed by atoms with E-state index in [1.54, 1.807) is 0 Å². The minimum absolute atomic E-state index is 0.0119. The number of carbonyl (C=O) groups excluding carboxylic acids is 1.